The molecular formula is C16H22O. The van der Waals surface area contributed by atoms with Gasteiger partial charge in [-0.15, -0.1) is 0 Å². The van der Waals surface area contributed by atoms with E-state index in [1.165, 1.54) is 44.1 Å². The lowest BCUT2D eigenvalue weighted by Gasteiger charge is -2.25. The van der Waals surface area contributed by atoms with E-state index in [0.717, 1.165) is 12.2 Å². The number of benzene rings is 1. The van der Waals surface area contributed by atoms with Crippen LogP contribution in [0.5, 0.6) is 0 Å². The fraction of sp³-hybridized carbons (Fsp3) is 0.562. The van der Waals surface area contributed by atoms with Crippen LogP contribution in [0.1, 0.15) is 56.4 Å². The largest absolute Gasteiger partial charge is 0.303 e. The van der Waals surface area contributed by atoms with E-state index >= 15 is 0 Å². The molecule has 17 heavy (non-hydrogen) atoms. The molecule has 92 valence electrons. The van der Waals surface area contributed by atoms with Crippen LogP contribution in [0.15, 0.2) is 30.3 Å². The second-order valence-corrected chi connectivity index (χ2v) is 5.25. The highest BCUT2D eigenvalue weighted by molar-refractivity contribution is 5.51. The van der Waals surface area contributed by atoms with Crippen LogP contribution in [0.25, 0.3) is 0 Å². The van der Waals surface area contributed by atoms with Crippen molar-refractivity contribution in [3.63, 3.8) is 0 Å². The Hall–Kier alpha value is -1.11. The summed E-state index contributed by atoms with van der Waals surface area (Å²) in [5, 5.41) is 0. The van der Waals surface area contributed by atoms with Crippen LogP contribution in [0, 0.1) is 5.92 Å². The van der Waals surface area contributed by atoms with Crippen molar-refractivity contribution in [2.75, 3.05) is 0 Å². The molecule has 0 aromatic heterocycles. The van der Waals surface area contributed by atoms with E-state index in [1.54, 1.807) is 0 Å². The first kappa shape index (κ1) is 12.3. The van der Waals surface area contributed by atoms with Gasteiger partial charge in [0.05, 0.1) is 0 Å². The Morgan fingerprint density at radius 1 is 1.12 bits per heavy atom. The highest BCUT2D eigenvalue weighted by Crippen LogP contribution is 2.34. The second kappa shape index (κ2) is 6.58. The molecular weight excluding hydrogens is 208 g/mol. The number of carbonyl (C=O) groups is 1. The maximum atomic E-state index is 10.8. The van der Waals surface area contributed by atoms with Gasteiger partial charge in [-0.3, -0.25) is 0 Å². The average Bonchev–Trinajstić information content (AvgIpc) is 2.40. The van der Waals surface area contributed by atoms with Gasteiger partial charge < -0.3 is 4.79 Å². The summed E-state index contributed by atoms with van der Waals surface area (Å²) in [6, 6.07) is 10.5. The molecule has 1 aromatic rings. The Bertz CT molecular complexity index is 325. The summed E-state index contributed by atoms with van der Waals surface area (Å²) >= 11 is 0. The van der Waals surface area contributed by atoms with Crippen LogP contribution in [0.3, 0.4) is 0 Å². The zero-order chi connectivity index (χ0) is 11.9. The number of hydrogen-bond donors (Lipinski definition) is 0. The predicted octanol–water partition coefficient (Wildman–Crippen LogP) is 4.33. The maximum Gasteiger partial charge on any atom is 0.120 e. The van der Waals surface area contributed by atoms with Crippen molar-refractivity contribution >= 4 is 6.29 Å². The van der Waals surface area contributed by atoms with E-state index in [0.29, 0.717) is 12.3 Å². The highest BCUT2D eigenvalue weighted by atomic mass is 16.1. The van der Waals surface area contributed by atoms with Crippen LogP contribution >= 0.6 is 0 Å². The minimum absolute atomic E-state index is 0.441. The molecule has 0 radical (unpaired) electrons. The molecule has 1 fully saturated rings. The molecule has 0 amide bonds. The minimum atomic E-state index is 0.441. The van der Waals surface area contributed by atoms with E-state index in [2.05, 4.69) is 24.3 Å². The number of carbonyl (C=O) groups excluding carboxylic acids is 1. The number of rotatable bonds is 5. The van der Waals surface area contributed by atoms with E-state index in [4.69, 9.17) is 0 Å². The second-order valence-electron chi connectivity index (χ2n) is 5.25. The average molecular weight is 230 g/mol. The summed E-state index contributed by atoms with van der Waals surface area (Å²) < 4.78 is 0. The van der Waals surface area contributed by atoms with E-state index in [1.807, 2.05) is 6.07 Å². The van der Waals surface area contributed by atoms with Crippen molar-refractivity contribution in [3.05, 3.63) is 35.9 Å². The van der Waals surface area contributed by atoms with E-state index < -0.39 is 0 Å². The normalized spacial score (nSPS) is 18.8. The summed E-state index contributed by atoms with van der Waals surface area (Å²) in [7, 11) is 0. The van der Waals surface area contributed by atoms with Gasteiger partial charge in [-0.05, 0) is 23.8 Å². The Morgan fingerprint density at radius 3 is 2.47 bits per heavy atom. The zero-order valence-electron chi connectivity index (χ0n) is 10.5. The summed E-state index contributed by atoms with van der Waals surface area (Å²) in [4.78, 5) is 10.8. The Labute approximate surface area is 104 Å². The summed E-state index contributed by atoms with van der Waals surface area (Å²) in [5.74, 6) is 1.28. The molecule has 1 heteroatoms. The zero-order valence-corrected chi connectivity index (χ0v) is 10.5. The predicted molar refractivity (Wildman–Crippen MR) is 71.1 cm³/mol. The first-order valence-corrected chi connectivity index (χ1v) is 6.88. The molecule has 0 aliphatic heterocycles. The van der Waals surface area contributed by atoms with Crippen LogP contribution in [0.4, 0.5) is 0 Å². The molecule has 1 saturated carbocycles. The van der Waals surface area contributed by atoms with Crippen molar-refractivity contribution in [1.82, 2.24) is 0 Å². The van der Waals surface area contributed by atoms with Gasteiger partial charge in [0.15, 0.2) is 0 Å². The maximum absolute atomic E-state index is 10.8. The van der Waals surface area contributed by atoms with Crippen molar-refractivity contribution in [1.29, 1.82) is 0 Å². The van der Waals surface area contributed by atoms with Crippen LogP contribution in [0.2, 0.25) is 0 Å². The monoisotopic (exact) mass is 230 g/mol. The van der Waals surface area contributed by atoms with Crippen molar-refractivity contribution < 1.29 is 4.79 Å². The van der Waals surface area contributed by atoms with E-state index in [9.17, 15) is 4.79 Å². The van der Waals surface area contributed by atoms with Gasteiger partial charge in [0.1, 0.15) is 6.29 Å². The third-order valence-corrected chi connectivity index (χ3v) is 3.99. The molecule has 1 nitrogen and oxygen atoms in total. The topological polar surface area (TPSA) is 17.1 Å². The summed E-state index contributed by atoms with van der Waals surface area (Å²) in [5.41, 5.74) is 1.34. The molecule has 1 aliphatic carbocycles. The molecule has 1 unspecified atom stereocenters. The smallest absolute Gasteiger partial charge is 0.120 e. The molecule has 1 aromatic carbocycles. The Balaban J connectivity index is 1.99. The van der Waals surface area contributed by atoms with Gasteiger partial charge in [0, 0.05) is 6.42 Å². The fourth-order valence-corrected chi connectivity index (χ4v) is 3.03. The van der Waals surface area contributed by atoms with Crippen molar-refractivity contribution in [2.45, 2.75) is 50.9 Å². The van der Waals surface area contributed by atoms with Gasteiger partial charge in [0.2, 0.25) is 0 Å². The van der Waals surface area contributed by atoms with Gasteiger partial charge >= 0.3 is 0 Å². The molecule has 2 rings (SSSR count). The molecule has 0 saturated heterocycles. The molecule has 1 atom stereocenters. The molecule has 0 heterocycles. The Kier molecular flexibility index (Phi) is 4.78. The summed E-state index contributed by atoms with van der Waals surface area (Å²) in [6.07, 6.45) is 9.86. The number of hydrogen-bond acceptors (Lipinski definition) is 1. The molecule has 1 aliphatic rings. The standard InChI is InChI=1S/C16H22O/c17-12-11-16(15-9-5-2-6-10-15)13-14-7-3-1-4-8-14/h2,5-6,9-10,12,14,16H,1,3-4,7-8,11,13H2. The van der Waals surface area contributed by atoms with Gasteiger partial charge in [0.25, 0.3) is 0 Å². The van der Waals surface area contributed by atoms with Crippen LogP contribution < -0.4 is 0 Å². The lowest BCUT2D eigenvalue weighted by Crippen LogP contribution is -2.11. The fourth-order valence-electron chi connectivity index (χ4n) is 3.03. The quantitative estimate of drug-likeness (QED) is 0.688. The minimum Gasteiger partial charge on any atom is -0.303 e. The van der Waals surface area contributed by atoms with Gasteiger partial charge in [-0.2, -0.15) is 0 Å². The van der Waals surface area contributed by atoms with Crippen molar-refractivity contribution in [2.24, 2.45) is 5.92 Å². The third kappa shape index (κ3) is 3.69. The first-order chi connectivity index (χ1) is 8.40. The first-order valence-electron chi connectivity index (χ1n) is 6.88. The van der Waals surface area contributed by atoms with Gasteiger partial charge in [-0.1, -0.05) is 62.4 Å². The lowest BCUT2D eigenvalue weighted by atomic mass is 9.80. The Morgan fingerprint density at radius 2 is 1.82 bits per heavy atom. The van der Waals surface area contributed by atoms with Gasteiger partial charge in [-0.25, -0.2) is 0 Å². The van der Waals surface area contributed by atoms with Crippen molar-refractivity contribution in [3.8, 4) is 0 Å². The summed E-state index contributed by atoms with van der Waals surface area (Å²) in [6.45, 7) is 0. The third-order valence-electron chi connectivity index (χ3n) is 3.99. The van der Waals surface area contributed by atoms with Crippen LogP contribution in [-0.2, 0) is 4.79 Å². The molecule has 0 N–H and O–H groups in total. The lowest BCUT2D eigenvalue weighted by molar-refractivity contribution is -0.108. The van der Waals surface area contributed by atoms with Crippen LogP contribution in [-0.4, -0.2) is 6.29 Å². The SMILES string of the molecule is O=CCC(CC1CCCCC1)c1ccccc1. The number of aldehydes is 1. The molecule has 0 spiro atoms. The molecule has 0 bridgehead atoms. The van der Waals surface area contributed by atoms with E-state index in [-0.39, 0.29) is 0 Å². The highest BCUT2D eigenvalue weighted by Gasteiger charge is 2.19.